The maximum atomic E-state index is 5.62. The molecule has 0 spiro atoms. The number of hydrogen-bond acceptors (Lipinski definition) is 4. The molecule has 6 heteroatoms. The molecule has 138 valence electrons. The van der Waals surface area contributed by atoms with Gasteiger partial charge in [0.25, 0.3) is 0 Å². The highest BCUT2D eigenvalue weighted by Gasteiger charge is 2.11. The molecule has 0 heterocycles. The second-order valence-electron chi connectivity index (χ2n) is 5.28. The zero-order valence-electron chi connectivity index (χ0n) is 14.8. The number of nitrogens with one attached hydrogen (secondary N) is 1. The summed E-state index contributed by atoms with van der Waals surface area (Å²) < 4.78 is 17.3. The maximum Gasteiger partial charge on any atom is 0.175 e. The lowest BCUT2D eigenvalue weighted by Crippen LogP contribution is -2.17. The van der Waals surface area contributed by atoms with Crippen LogP contribution in [0, 0.1) is 0 Å². The number of benzene rings is 2. The zero-order valence-corrected chi connectivity index (χ0v) is 17.2. The summed E-state index contributed by atoms with van der Waals surface area (Å²) in [7, 11) is 3.36. The van der Waals surface area contributed by atoms with E-state index < -0.39 is 0 Å². The molecule has 4 nitrogen and oxygen atoms in total. The van der Waals surface area contributed by atoms with Crippen LogP contribution in [0.3, 0.4) is 0 Å². The van der Waals surface area contributed by atoms with Crippen LogP contribution in [0.15, 0.2) is 40.9 Å². The van der Waals surface area contributed by atoms with Gasteiger partial charge in [0.15, 0.2) is 11.5 Å². The molecule has 0 aliphatic heterocycles. The summed E-state index contributed by atoms with van der Waals surface area (Å²) in [4.78, 5) is 0. The van der Waals surface area contributed by atoms with Gasteiger partial charge in [0.05, 0.1) is 25.3 Å². The number of halogens is 2. The summed E-state index contributed by atoms with van der Waals surface area (Å²) in [6.45, 7) is 4.19. The topological polar surface area (TPSA) is 39.7 Å². The third kappa shape index (κ3) is 6.10. The molecule has 25 heavy (non-hydrogen) atoms. The first-order valence-corrected chi connectivity index (χ1v) is 8.80. The first kappa shape index (κ1) is 21.6. The van der Waals surface area contributed by atoms with E-state index in [4.69, 9.17) is 14.2 Å². The molecule has 2 rings (SSSR count). The molecule has 1 N–H and O–H groups in total. The lowest BCUT2D eigenvalue weighted by molar-refractivity contribution is 0.308. The van der Waals surface area contributed by atoms with Crippen LogP contribution >= 0.6 is 28.3 Å². The summed E-state index contributed by atoms with van der Waals surface area (Å²) >= 11 is 3.56. The van der Waals surface area contributed by atoms with Gasteiger partial charge in [0.1, 0.15) is 5.75 Å². The molecule has 0 unspecified atom stereocenters. The molecular formula is C19H25BrClNO3. The van der Waals surface area contributed by atoms with Gasteiger partial charge in [-0.05, 0) is 65.1 Å². The van der Waals surface area contributed by atoms with Crippen molar-refractivity contribution in [3.8, 4) is 17.2 Å². The van der Waals surface area contributed by atoms with Crippen LogP contribution in [0.2, 0.25) is 0 Å². The molecular weight excluding hydrogens is 406 g/mol. The largest absolute Gasteiger partial charge is 0.496 e. The lowest BCUT2D eigenvalue weighted by atomic mass is 10.1. The fraction of sp³-hybridized carbons (Fsp3) is 0.368. The lowest BCUT2D eigenvalue weighted by Gasteiger charge is -2.14. The predicted molar refractivity (Wildman–Crippen MR) is 108 cm³/mol. The number of rotatable bonds is 9. The highest BCUT2D eigenvalue weighted by Crippen LogP contribution is 2.36. The minimum Gasteiger partial charge on any atom is -0.496 e. The average Bonchev–Trinajstić information content (AvgIpc) is 2.61. The summed E-state index contributed by atoms with van der Waals surface area (Å²) in [6, 6.07) is 12.2. The van der Waals surface area contributed by atoms with E-state index in [9.17, 15) is 0 Å². The number of methoxy groups -OCH3 is 2. The van der Waals surface area contributed by atoms with E-state index >= 15 is 0 Å². The van der Waals surface area contributed by atoms with Crippen molar-refractivity contribution in [2.75, 3.05) is 27.4 Å². The predicted octanol–water partition coefficient (Wildman–Crippen LogP) is 4.62. The van der Waals surface area contributed by atoms with Gasteiger partial charge < -0.3 is 19.5 Å². The summed E-state index contributed by atoms with van der Waals surface area (Å²) in [5.74, 6) is 2.43. The molecule has 0 aliphatic carbocycles. The van der Waals surface area contributed by atoms with Crippen molar-refractivity contribution in [3.63, 3.8) is 0 Å². The Morgan fingerprint density at radius 3 is 2.44 bits per heavy atom. The molecule has 0 atom stereocenters. The van der Waals surface area contributed by atoms with E-state index in [0.29, 0.717) is 6.61 Å². The maximum absolute atomic E-state index is 5.62. The van der Waals surface area contributed by atoms with E-state index in [1.54, 1.807) is 14.2 Å². The zero-order chi connectivity index (χ0) is 17.4. The van der Waals surface area contributed by atoms with E-state index in [-0.39, 0.29) is 12.4 Å². The van der Waals surface area contributed by atoms with Crippen molar-refractivity contribution < 1.29 is 14.2 Å². The van der Waals surface area contributed by atoms with E-state index in [1.807, 2.05) is 31.2 Å². The van der Waals surface area contributed by atoms with E-state index in [1.165, 1.54) is 5.56 Å². The molecule has 2 aromatic carbocycles. The average molecular weight is 431 g/mol. The van der Waals surface area contributed by atoms with Crippen LogP contribution in [-0.4, -0.2) is 27.4 Å². The Hall–Kier alpha value is -1.43. The number of para-hydroxylation sites is 1. The van der Waals surface area contributed by atoms with Gasteiger partial charge in [-0.15, -0.1) is 12.4 Å². The van der Waals surface area contributed by atoms with Crippen molar-refractivity contribution in [2.45, 2.75) is 19.9 Å². The molecule has 0 aliphatic rings. The van der Waals surface area contributed by atoms with Gasteiger partial charge >= 0.3 is 0 Å². The Balaban J connectivity index is 0.00000312. The SMILES string of the molecule is CCOc1c(Br)cc(CNCCc2ccccc2OC)cc1OC.Cl. The van der Waals surface area contributed by atoms with E-state index in [0.717, 1.165) is 46.8 Å². The molecule has 0 amide bonds. The molecule has 0 bridgehead atoms. The molecule has 0 fully saturated rings. The van der Waals surface area contributed by atoms with Crippen molar-refractivity contribution >= 4 is 28.3 Å². The van der Waals surface area contributed by atoms with Gasteiger partial charge in [-0.2, -0.15) is 0 Å². The molecule has 2 aromatic rings. The minimum absolute atomic E-state index is 0. The first-order chi connectivity index (χ1) is 11.7. The van der Waals surface area contributed by atoms with Gasteiger partial charge in [0.2, 0.25) is 0 Å². The van der Waals surface area contributed by atoms with Gasteiger partial charge in [-0.3, -0.25) is 0 Å². The molecule has 0 aromatic heterocycles. The highest BCUT2D eigenvalue weighted by atomic mass is 79.9. The normalized spacial score (nSPS) is 10.1. The Morgan fingerprint density at radius 1 is 1.04 bits per heavy atom. The van der Waals surface area contributed by atoms with Crippen molar-refractivity contribution in [3.05, 3.63) is 52.0 Å². The van der Waals surface area contributed by atoms with Gasteiger partial charge in [0, 0.05) is 6.54 Å². The number of ether oxygens (including phenoxy) is 3. The summed E-state index contributed by atoms with van der Waals surface area (Å²) in [5.41, 5.74) is 2.35. The van der Waals surface area contributed by atoms with Gasteiger partial charge in [-0.1, -0.05) is 18.2 Å². The Morgan fingerprint density at radius 2 is 1.76 bits per heavy atom. The number of hydrogen-bond donors (Lipinski definition) is 1. The third-order valence-corrected chi connectivity index (χ3v) is 4.26. The van der Waals surface area contributed by atoms with Crippen LogP contribution in [0.25, 0.3) is 0 Å². The van der Waals surface area contributed by atoms with Crippen LogP contribution in [0.4, 0.5) is 0 Å². The van der Waals surface area contributed by atoms with Crippen LogP contribution in [0.1, 0.15) is 18.1 Å². The second-order valence-corrected chi connectivity index (χ2v) is 6.13. The van der Waals surface area contributed by atoms with Crippen molar-refractivity contribution in [1.29, 1.82) is 0 Å². The van der Waals surface area contributed by atoms with Crippen molar-refractivity contribution in [2.24, 2.45) is 0 Å². The van der Waals surface area contributed by atoms with Crippen molar-refractivity contribution in [1.82, 2.24) is 5.32 Å². The summed E-state index contributed by atoms with van der Waals surface area (Å²) in [6.07, 6.45) is 0.916. The molecule has 0 saturated heterocycles. The smallest absolute Gasteiger partial charge is 0.175 e. The first-order valence-electron chi connectivity index (χ1n) is 8.01. The monoisotopic (exact) mass is 429 g/mol. The minimum atomic E-state index is 0. The van der Waals surface area contributed by atoms with Crippen LogP contribution < -0.4 is 19.5 Å². The quantitative estimate of drug-likeness (QED) is 0.589. The Bertz CT molecular complexity index is 667. The standard InChI is InChI=1S/C19H24BrNO3.ClH/c1-4-24-19-16(20)11-14(12-18(19)23-3)13-21-10-9-15-7-5-6-8-17(15)22-2;/h5-8,11-12,21H,4,9-10,13H2,1-3H3;1H. The van der Waals surface area contributed by atoms with Gasteiger partial charge in [-0.25, -0.2) is 0 Å². The third-order valence-electron chi connectivity index (χ3n) is 3.67. The fourth-order valence-electron chi connectivity index (χ4n) is 2.52. The Labute approximate surface area is 164 Å². The second kappa shape index (κ2) is 11.2. The summed E-state index contributed by atoms with van der Waals surface area (Å²) in [5, 5.41) is 3.46. The fourth-order valence-corrected chi connectivity index (χ4v) is 3.13. The molecule has 0 radical (unpaired) electrons. The van der Waals surface area contributed by atoms with Crippen LogP contribution in [-0.2, 0) is 13.0 Å². The highest BCUT2D eigenvalue weighted by molar-refractivity contribution is 9.10. The van der Waals surface area contributed by atoms with Crippen LogP contribution in [0.5, 0.6) is 17.2 Å². The Kier molecular flexibility index (Phi) is 9.71. The molecule has 0 saturated carbocycles. The van der Waals surface area contributed by atoms with E-state index in [2.05, 4.69) is 33.4 Å².